The fourth-order valence-corrected chi connectivity index (χ4v) is 4.92. The maximum atomic E-state index is 13.1. The summed E-state index contributed by atoms with van der Waals surface area (Å²) < 4.78 is 0. The average molecular weight is 425 g/mol. The number of hydrogen-bond acceptors (Lipinski definition) is 5. The molecule has 1 aliphatic carbocycles. The number of amides is 2. The van der Waals surface area contributed by atoms with Gasteiger partial charge in [-0.2, -0.15) is 0 Å². The van der Waals surface area contributed by atoms with Gasteiger partial charge in [0.15, 0.2) is 0 Å². The average Bonchev–Trinajstić information content (AvgIpc) is 3.21. The molecule has 1 N–H and O–H groups in total. The molecule has 2 aliphatic rings. The number of anilines is 1. The van der Waals surface area contributed by atoms with Crippen molar-refractivity contribution in [2.24, 2.45) is 0 Å². The topological polar surface area (TPSA) is 75.2 Å². The predicted octanol–water partition coefficient (Wildman–Crippen LogP) is 4.72. The number of carbonyl (C=O) groups excluding carboxylic acids is 2. The summed E-state index contributed by atoms with van der Waals surface area (Å²) in [6, 6.07) is 7.25. The van der Waals surface area contributed by atoms with E-state index in [2.05, 4.69) is 21.6 Å². The molecule has 7 heteroatoms. The van der Waals surface area contributed by atoms with Crippen LogP contribution in [0.1, 0.15) is 56.4 Å². The van der Waals surface area contributed by atoms with E-state index >= 15 is 0 Å². The van der Waals surface area contributed by atoms with Crippen molar-refractivity contribution in [3.63, 3.8) is 0 Å². The minimum atomic E-state index is -0.400. The minimum Gasteiger partial charge on any atom is -0.330 e. The molecule has 1 fully saturated rings. The second-order valence-corrected chi connectivity index (χ2v) is 9.26. The summed E-state index contributed by atoms with van der Waals surface area (Å²) in [5, 5.41) is 13.0. The van der Waals surface area contributed by atoms with Gasteiger partial charge in [-0.1, -0.05) is 35.1 Å². The van der Waals surface area contributed by atoms with Crippen molar-refractivity contribution in [1.82, 2.24) is 15.1 Å². The van der Waals surface area contributed by atoms with Crippen molar-refractivity contribution in [1.29, 1.82) is 0 Å². The minimum absolute atomic E-state index is 0.0843. The van der Waals surface area contributed by atoms with Gasteiger partial charge < -0.3 is 10.2 Å². The summed E-state index contributed by atoms with van der Waals surface area (Å²) in [5.74, 6) is -0.0210. The monoisotopic (exact) mass is 424 g/mol. The van der Waals surface area contributed by atoms with Crippen LogP contribution < -0.4 is 5.32 Å². The second kappa shape index (κ2) is 9.51. The van der Waals surface area contributed by atoms with Crippen LogP contribution in [0.5, 0.6) is 0 Å². The largest absolute Gasteiger partial charge is 0.330 e. The molecule has 0 radical (unpaired) electrons. The van der Waals surface area contributed by atoms with Crippen LogP contribution in [0.25, 0.3) is 10.6 Å². The molecule has 6 nitrogen and oxygen atoms in total. The van der Waals surface area contributed by atoms with Crippen LogP contribution >= 0.6 is 11.3 Å². The molecule has 0 unspecified atom stereocenters. The van der Waals surface area contributed by atoms with Crippen LogP contribution in [0.4, 0.5) is 5.69 Å². The van der Waals surface area contributed by atoms with Crippen LogP contribution in [0.3, 0.4) is 0 Å². The molecule has 30 heavy (non-hydrogen) atoms. The number of benzene rings is 1. The Morgan fingerprint density at radius 2 is 2.10 bits per heavy atom. The van der Waals surface area contributed by atoms with Gasteiger partial charge >= 0.3 is 0 Å². The van der Waals surface area contributed by atoms with Gasteiger partial charge in [-0.15, -0.1) is 10.2 Å². The Morgan fingerprint density at radius 1 is 1.20 bits per heavy atom. The number of nitrogens with zero attached hydrogens (tertiary/aromatic N) is 3. The number of allylic oxidation sites excluding steroid dienone is 1. The number of likely N-dealkylation sites (tertiary alicyclic amines) is 1. The number of hydrogen-bond donors (Lipinski definition) is 1. The number of aryl methyl sites for hydroxylation is 1. The molecule has 0 bridgehead atoms. The third-order valence-corrected chi connectivity index (χ3v) is 6.68. The molecule has 1 aromatic carbocycles. The molecule has 1 atom stereocenters. The molecule has 0 saturated carbocycles. The van der Waals surface area contributed by atoms with Crippen molar-refractivity contribution in [2.45, 2.75) is 64.3 Å². The summed E-state index contributed by atoms with van der Waals surface area (Å²) in [7, 11) is 0. The molecule has 2 aromatic rings. The summed E-state index contributed by atoms with van der Waals surface area (Å²) in [6.45, 7) is 2.58. The van der Waals surface area contributed by atoms with E-state index < -0.39 is 6.04 Å². The zero-order valence-corrected chi connectivity index (χ0v) is 18.2. The first-order valence-electron chi connectivity index (χ1n) is 10.8. The summed E-state index contributed by atoms with van der Waals surface area (Å²) in [5.41, 5.74) is 2.88. The second-order valence-electron chi connectivity index (χ2n) is 8.08. The molecule has 4 rings (SSSR count). The van der Waals surface area contributed by atoms with Crippen molar-refractivity contribution in [3.05, 3.63) is 40.9 Å². The van der Waals surface area contributed by atoms with E-state index in [0.717, 1.165) is 53.4 Å². The quantitative estimate of drug-likeness (QED) is 0.705. The molecule has 0 spiro atoms. The maximum Gasteiger partial charge on any atom is 0.247 e. The number of aromatic nitrogens is 2. The lowest BCUT2D eigenvalue weighted by Crippen LogP contribution is -2.50. The highest BCUT2D eigenvalue weighted by Crippen LogP contribution is 2.27. The van der Waals surface area contributed by atoms with Crippen LogP contribution in [-0.4, -0.2) is 39.5 Å². The fourth-order valence-electron chi connectivity index (χ4n) is 4.23. The van der Waals surface area contributed by atoms with Crippen LogP contribution in [0.15, 0.2) is 35.9 Å². The van der Waals surface area contributed by atoms with Gasteiger partial charge in [-0.05, 0) is 64.0 Å². The van der Waals surface area contributed by atoms with Crippen LogP contribution in [0, 0.1) is 6.92 Å². The Morgan fingerprint density at radius 3 is 2.87 bits per heavy atom. The van der Waals surface area contributed by atoms with Gasteiger partial charge in [0, 0.05) is 24.2 Å². The van der Waals surface area contributed by atoms with E-state index in [4.69, 9.17) is 0 Å². The highest BCUT2D eigenvalue weighted by atomic mass is 32.1. The predicted molar refractivity (Wildman–Crippen MR) is 119 cm³/mol. The van der Waals surface area contributed by atoms with E-state index in [1.807, 2.05) is 31.2 Å². The third kappa shape index (κ3) is 4.95. The lowest BCUT2D eigenvalue weighted by molar-refractivity contribution is -0.139. The molecular weight excluding hydrogens is 396 g/mol. The Kier molecular flexibility index (Phi) is 6.57. The van der Waals surface area contributed by atoms with Gasteiger partial charge in [-0.25, -0.2) is 0 Å². The summed E-state index contributed by atoms with van der Waals surface area (Å²) >= 11 is 1.52. The van der Waals surface area contributed by atoms with Gasteiger partial charge in [0.25, 0.3) is 0 Å². The lowest BCUT2D eigenvalue weighted by atomic mass is 9.95. The molecule has 1 saturated heterocycles. The van der Waals surface area contributed by atoms with E-state index in [1.165, 1.54) is 23.3 Å². The zero-order valence-electron chi connectivity index (χ0n) is 17.4. The standard InChI is InChI=1S/C23H28N4O2S/c1-16-25-26-23(30-16)18-10-7-11-19(15-18)24-22(29)20-12-5-6-13-27(20)21(28)14-17-8-3-2-4-9-17/h7-8,10-11,15,20H,2-6,9,12-14H2,1H3,(H,24,29)/t20-/m0/s1. The van der Waals surface area contributed by atoms with E-state index in [0.29, 0.717) is 19.4 Å². The molecule has 1 aromatic heterocycles. The molecular formula is C23H28N4O2S. The Balaban J connectivity index is 1.44. The van der Waals surface area contributed by atoms with Gasteiger partial charge in [-0.3, -0.25) is 9.59 Å². The number of piperidine rings is 1. The third-order valence-electron chi connectivity index (χ3n) is 5.79. The number of nitrogens with one attached hydrogen (secondary N) is 1. The maximum absolute atomic E-state index is 13.1. The van der Waals surface area contributed by atoms with E-state index in [-0.39, 0.29) is 11.8 Å². The summed E-state index contributed by atoms with van der Waals surface area (Å²) in [6.07, 6.45) is 9.75. The van der Waals surface area contributed by atoms with Crippen molar-refractivity contribution >= 4 is 28.8 Å². The number of carbonyl (C=O) groups is 2. The first-order chi connectivity index (χ1) is 14.6. The van der Waals surface area contributed by atoms with Gasteiger partial charge in [0.1, 0.15) is 16.1 Å². The van der Waals surface area contributed by atoms with Crippen LogP contribution in [-0.2, 0) is 9.59 Å². The molecule has 158 valence electrons. The normalized spacial score (nSPS) is 19.3. The smallest absolute Gasteiger partial charge is 0.247 e. The van der Waals surface area contributed by atoms with E-state index in [1.54, 1.807) is 4.90 Å². The summed E-state index contributed by atoms with van der Waals surface area (Å²) in [4.78, 5) is 27.8. The fraction of sp³-hybridized carbons (Fsp3) is 0.478. The first-order valence-corrected chi connectivity index (χ1v) is 11.6. The van der Waals surface area contributed by atoms with Crippen molar-refractivity contribution < 1.29 is 9.59 Å². The van der Waals surface area contributed by atoms with Crippen LogP contribution in [0.2, 0.25) is 0 Å². The van der Waals surface area contributed by atoms with Crippen molar-refractivity contribution in [2.75, 3.05) is 11.9 Å². The van der Waals surface area contributed by atoms with Gasteiger partial charge in [0.05, 0.1) is 0 Å². The van der Waals surface area contributed by atoms with Gasteiger partial charge in [0.2, 0.25) is 11.8 Å². The molecule has 2 amide bonds. The SMILES string of the molecule is Cc1nnc(-c2cccc(NC(=O)[C@@H]3CCCCN3C(=O)CC3=CCCCC3)c2)s1. The molecule has 1 aliphatic heterocycles. The molecule has 2 heterocycles. The Labute approximate surface area is 181 Å². The Hall–Kier alpha value is -2.54. The zero-order chi connectivity index (χ0) is 20.9. The van der Waals surface area contributed by atoms with E-state index in [9.17, 15) is 9.59 Å². The highest BCUT2D eigenvalue weighted by molar-refractivity contribution is 7.14. The highest BCUT2D eigenvalue weighted by Gasteiger charge is 2.32. The lowest BCUT2D eigenvalue weighted by Gasteiger charge is -2.35. The number of rotatable bonds is 5. The van der Waals surface area contributed by atoms with Crippen molar-refractivity contribution in [3.8, 4) is 10.6 Å². The first kappa shape index (κ1) is 20.7. The Bertz CT molecular complexity index is 952.